The molecule has 0 atom stereocenters. The Hall–Kier alpha value is -5.10. The molecule has 0 radical (unpaired) electrons. The number of carbonyl (C=O) groups excluding carboxylic acids is 2. The average Bonchev–Trinajstić information content (AvgIpc) is 3.36. The highest BCUT2D eigenvalue weighted by Gasteiger charge is 2.25. The molecule has 0 unspecified atom stereocenters. The molecule has 0 saturated carbocycles. The third kappa shape index (κ3) is 5.18. The normalized spacial score (nSPS) is 12.0. The predicted octanol–water partition coefficient (Wildman–Crippen LogP) is 6.47. The van der Waals surface area contributed by atoms with E-state index in [2.05, 4.69) is 5.32 Å². The van der Waals surface area contributed by atoms with Gasteiger partial charge in [0.05, 0.1) is 6.26 Å². The zero-order valence-corrected chi connectivity index (χ0v) is 21.1. The van der Waals surface area contributed by atoms with Crippen molar-refractivity contribution in [1.29, 1.82) is 0 Å². The number of benzene rings is 4. The fourth-order valence-corrected chi connectivity index (χ4v) is 4.62. The third-order valence-corrected chi connectivity index (χ3v) is 6.59. The first kappa shape index (κ1) is 24.2. The number of allylic oxidation sites excluding steroid dienone is 1. The van der Waals surface area contributed by atoms with Crippen LogP contribution in [-0.2, 0) is 17.8 Å². The summed E-state index contributed by atoms with van der Waals surface area (Å²) in [5, 5.41) is 3.69. The molecule has 1 N–H and O–H groups in total. The Balaban J connectivity index is 1.26. The van der Waals surface area contributed by atoms with Gasteiger partial charge < -0.3 is 19.2 Å². The highest BCUT2D eigenvalue weighted by molar-refractivity contribution is 6.15. The van der Waals surface area contributed by atoms with Crippen LogP contribution < -0.4 is 14.8 Å². The molecule has 0 aliphatic carbocycles. The lowest BCUT2D eigenvalue weighted by Gasteiger charge is -2.11. The Morgan fingerprint density at radius 2 is 1.62 bits per heavy atom. The van der Waals surface area contributed by atoms with Gasteiger partial charge in [0.25, 0.3) is 5.91 Å². The lowest BCUT2D eigenvalue weighted by Crippen LogP contribution is -2.28. The van der Waals surface area contributed by atoms with E-state index in [1.165, 1.54) is 0 Å². The summed E-state index contributed by atoms with van der Waals surface area (Å²) in [6, 6.07) is 30.0. The summed E-state index contributed by atoms with van der Waals surface area (Å²) in [6.45, 7) is 0.344. The molecule has 5 aromatic rings. The Morgan fingerprint density at radius 1 is 0.872 bits per heavy atom. The van der Waals surface area contributed by atoms with Gasteiger partial charge in [0.1, 0.15) is 17.1 Å². The van der Waals surface area contributed by atoms with Crippen molar-refractivity contribution >= 4 is 22.7 Å². The molecule has 6 nitrogen and oxygen atoms in total. The quantitative estimate of drug-likeness (QED) is 0.240. The summed E-state index contributed by atoms with van der Waals surface area (Å²) in [7, 11) is 0. The fourth-order valence-electron chi connectivity index (χ4n) is 4.62. The van der Waals surface area contributed by atoms with Gasteiger partial charge in [0.15, 0.2) is 12.4 Å². The van der Waals surface area contributed by atoms with Crippen LogP contribution in [0.15, 0.2) is 114 Å². The van der Waals surface area contributed by atoms with Crippen LogP contribution in [0.3, 0.4) is 0 Å². The number of carbonyl (C=O) groups is 2. The second-order valence-electron chi connectivity index (χ2n) is 9.23. The number of furan rings is 1. The van der Waals surface area contributed by atoms with Crippen LogP contribution in [0, 0.1) is 0 Å². The van der Waals surface area contributed by atoms with Crippen LogP contribution in [-0.4, -0.2) is 18.3 Å². The van der Waals surface area contributed by atoms with Gasteiger partial charge in [-0.25, -0.2) is 0 Å². The first-order valence-corrected chi connectivity index (χ1v) is 12.7. The lowest BCUT2D eigenvalue weighted by molar-refractivity contribution is -0.123. The molecule has 39 heavy (non-hydrogen) atoms. The number of ether oxygens (including phenoxy) is 2. The van der Waals surface area contributed by atoms with Crippen molar-refractivity contribution < 1.29 is 23.5 Å². The largest absolute Gasteiger partial charge is 0.484 e. The number of hydrogen-bond acceptors (Lipinski definition) is 5. The summed E-state index contributed by atoms with van der Waals surface area (Å²) in [6.07, 6.45) is 4.35. The molecule has 2 heterocycles. The lowest BCUT2D eigenvalue weighted by atomic mass is 9.96. The minimum Gasteiger partial charge on any atom is -0.484 e. The van der Waals surface area contributed by atoms with Gasteiger partial charge in [-0.15, -0.1) is 0 Å². The van der Waals surface area contributed by atoms with E-state index in [9.17, 15) is 9.59 Å². The highest BCUT2D eigenvalue weighted by atomic mass is 16.5. The monoisotopic (exact) mass is 515 g/mol. The molecule has 192 valence electrons. The summed E-state index contributed by atoms with van der Waals surface area (Å²) in [5.41, 5.74) is 4.68. The fraction of sp³-hybridized carbons (Fsp3) is 0.0909. The van der Waals surface area contributed by atoms with E-state index in [1.54, 1.807) is 30.5 Å². The van der Waals surface area contributed by atoms with E-state index in [-0.39, 0.29) is 24.1 Å². The number of nitrogens with one attached hydrogen (secondary N) is 1. The molecular weight excluding hydrogens is 490 g/mol. The minimum absolute atomic E-state index is 0.0990. The standard InChI is InChI=1S/C33H25NO5/c35-30(34-20-22-8-3-1-4-9-22)21-38-26-15-13-23(14-16-26)31-27-18-25-12-7-17-37-28(25)19-29(27)39-33(31)32(36)24-10-5-2-6-11-24/h1-11,13-19H,12,20-21H2,(H,34,35). The molecule has 1 aromatic heterocycles. The maximum absolute atomic E-state index is 13.5. The average molecular weight is 516 g/mol. The number of fused-ring (bicyclic) bond motifs is 2. The second kappa shape index (κ2) is 10.7. The van der Waals surface area contributed by atoms with Gasteiger partial charge in [0, 0.05) is 29.1 Å². The summed E-state index contributed by atoms with van der Waals surface area (Å²) in [4.78, 5) is 25.8. The third-order valence-electron chi connectivity index (χ3n) is 6.59. The number of amides is 1. The first-order chi connectivity index (χ1) is 19.2. The molecule has 1 aliphatic heterocycles. The maximum Gasteiger partial charge on any atom is 0.258 e. The van der Waals surface area contributed by atoms with E-state index in [1.807, 2.05) is 78.9 Å². The zero-order chi connectivity index (χ0) is 26.6. The smallest absolute Gasteiger partial charge is 0.258 e. The van der Waals surface area contributed by atoms with Gasteiger partial charge in [0.2, 0.25) is 5.78 Å². The molecule has 0 spiro atoms. The molecule has 0 bridgehead atoms. The van der Waals surface area contributed by atoms with Gasteiger partial charge in [-0.05, 0) is 47.4 Å². The summed E-state index contributed by atoms with van der Waals surface area (Å²) in [5.74, 6) is 1.13. The van der Waals surface area contributed by atoms with Gasteiger partial charge >= 0.3 is 0 Å². The maximum atomic E-state index is 13.5. The van der Waals surface area contributed by atoms with Crippen molar-refractivity contribution in [2.45, 2.75) is 13.0 Å². The number of hydrogen-bond donors (Lipinski definition) is 1. The molecule has 6 heteroatoms. The molecule has 0 saturated heterocycles. The zero-order valence-electron chi connectivity index (χ0n) is 21.1. The summed E-state index contributed by atoms with van der Waals surface area (Å²) >= 11 is 0. The van der Waals surface area contributed by atoms with E-state index < -0.39 is 0 Å². The topological polar surface area (TPSA) is 77.8 Å². The molecule has 0 fully saturated rings. The number of ketones is 1. The second-order valence-corrected chi connectivity index (χ2v) is 9.23. The van der Waals surface area contributed by atoms with Crippen LogP contribution in [0.1, 0.15) is 27.2 Å². The van der Waals surface area contributed by atoms with Gasteiger partial charge in [-0.2, -0.15) is 0 Å². The first-order valence-electron chi connectivity index (χ1n) is 12.7. The number of rotatable bonds is 8. The van der Waals surface area contributed by atoms with E-state index in [4.69, 9.17) is 13.9 Å². The Morgan fingerprint density at radius 3 is 2.38 bits per heavy atom. The van der Waals surface area contributed by atoms with Crippen LogP contribution in [0.4, 0.5) is 0 Å². The highest BCUT2D eigenvalue weighted by Crippen LogP contribution is 2.40. The Bertz CT molecular complexity index is 1670. The Kier molecular flexibility index (Phi) is 6.66. The van der Waals surface area contributed by atoms with E-state index >= 15 is 0 Å². The van der Waals surface area contributed by atoms with E-state index in [0.29, 0.717) is 29.0 Å². The molecule has 4 aromatic carbocycles. The van der Waals surface area contributed by atoms with Crippen LogP contribution in [0.5, 0.6) is 11.5 Å². The van der Waals surface area contributed by atoms with Crippen LogP contribution in [0.25, 0.3) is 22.1 Å². The van der Waals surface area contributed by atoms with Crippen molar-refractivity contribution in [3.8, 4) is 22.6 Å². The SMILES string of the molecule is O=C(COc1ccc(-c2c(C(=O)c3ccccc3)oc3cc4c(cc23)CC=CO4)cc1)NCc1ccccc1. The van der Waals surface area contributed by atoms with Crippen molar-refractivity contribution in [2.75, 3.05) is 6.61 Å². The van der Waals surface area contributed by atoms with Crippen molar-refractivity contribution in [3.05, 3.63) is 132 Å². The van der Waals surface area contributed by atoms with Gasteiger partial charge in [-0.1, -0.05) is 72.8 Å². The molecule has 1 amide bonds. The van der Waals surface area contributed by atoms with Crippen molar-refractivity contribution in [2.24, 2.45) is 0 Å². The minimum atomic E-state index is -0.208. The predicted molar refractivity (Wildman–Crippen MR) is 149 cm³/mol. The van der Waals surface area contributed by atoms with Crippen molar-refractivity contribution in [1.82, 2.24) is 5.32 Å². The molecule has 6 rings (SSSR count). The van der Waals surface area contributed by atoms with Crippen molar-refractivity contribution in [3.63, 3.8) is 0 Å². The molecular formula is C33H25NO5. The van der Waals surface area contributed by atoms with Crippen LogP contribution >= 0.6 is 0 Å². The van der Waals surface area contributed by atoms with Gasteiger partial charge in [-0.3, -0.25) is 9.59 Å². The Labute approximate surface area is 225 Å². The molecule has 1 aliphatic rings. The van der Waals surface area contributed by atoms with Crippen LogP contribution in [0.2, 0.25) is 0 Å². The van der Waals surface area contributed by atoms with E-state index in [0.717, 1.165) is 34.2 Å². The summed E-state index contributed by atoms with van der Waals surface area (Å²) < 4.78 is 17.5.